The molecule has 4 atom stereocenters. The molecular weight excluding hydrogens is 288 g/mol. The van der Waals surface area contributed by atoms with Gasteiger partial charge in [-0.1, -0.05) is 0 Å². The van der Waals surface area contributed by atoms with Crippen LogP contribution in [0.2, 0.25) is 0 Å². The van der Waals surface area contributed by atoms with E-state index in [0.717, 1.165) is 0 Å². The van der Waals surface area contributed by atoms with E-state index >= 15 is 0 Å². The molecule has 2 heterocycles. The van der Waals surface area contributed by atoms with Gasteiger partial charge in [-0.15, -0.1) is 0 Å². The van der Waals surface area contributed by atoms with Crippen LogP contribution in [0.4, 0.5) is 9.59 Å². The summed E-state index contributed by atoms with van der Waals surface area (Å²) < 4.78 is 49.8. The average molecular weight is 298 g/mol. The summed E-state index contributed by atoms with van der Waals surface area (Å²) in [6.45, 7) is 2.73. The molecule has 2 aliphatic heterocycles. The van der Waals surface area contributed by atoms with E-state index in [1.54, 1.807) is 0 Å². The molecule has 2 saturated heterocycles. The van der Waals surface area contributed by atoms with Crippen molar-refractivity contribution in [2.24, 2.45) is 0 Å². The monoisotopic (exact) mass is 298 g/mol. The lowest BCUT2D eigenvalue weighted by Crippen LogP contribution is -2.32. The maximum absolute atomic E-state index is 11.5. The van der Waals surface area contributed by atoms with Gasteiger partial charge in [-0.25, -0.2) is 18.0 Å². The van der Waals surface area contributed by atoms with Crippen molar-refractivity contribution < 1.29 is 45.3 Å². The predicted molar refractivity (Wildman–Crippen MR) is 52.7 cm³/mol. The number of rotatable bonds is 4. The summed E-state index contributed by atoms with van der Waals surface area (Å²) >= 11 is 0. The average Bonchev–Trinajstić information content (AvgIpc) is 2.69. The van der Waals surface area contributed by atoms with Gasteiger partial charge in [0, 0.05) is 0 Å². The molecule has 0 saturated carbocycles. The molecule has 0 aromatic carbocycles. The molecule has 0 spiro atoms. The molecule has 11 heteroatoms. The van der Waals surface area contributed by atoms with Gasteiger partial charge in [-0.2, -0.15) is 8.42 Å². The third kappa shape index (κ3) is 3.24. The zero-order valence-electron chi connectivity index (χ0n) is 9.80. The first-order chi connectivity index (χ1) is 8.77. The molecule has 0 aliphatic carbocycles. The van der Waals surface area contributed by atoms with Gasteiger partial charge in [0.2, 0.25) is 0 Å². The minimum absolute atomic E-state index is 0.925. The van der Waals surface area contributed by atoms with Crippen LogP contribution in [0.25, 0.3) is 0 Å². The molecule has 0 amide bonds. The van der Waals surface area contributed by atoms with Gasteiger partial charge in [0.15, 0.2) is 12.2 Å². The number of carbonyl (C=O) groups excluding carboxylic acids is 2. The third-order valence-electron chi connectivity index (χ3n) is 2.18. The number of hydrogen-bond donors (Lipinski definition) is 0. The van der Waals surface area contributed by atoms with E-state index in [0.29, 0.717) is 0 Å². The van der Waals surface area contributed by atoms with Crippen molar-refractivity contribution in [1.82, 2.24) is 0 Å². The second-order valence-electron chi connectivity index (χ2n) is 3.72. The first-order valence-electron chi connectivity index (χ1n) is 5.13. The van der Waals surface area contributed by atoms with Crippen LogP contribution in [0.1, 0.15) is 13.8 Å². The fourth-order valence-corrected chi connectivity index (χ4v) is 2.20. The third-order valence-corrected chi connectivity index (χ3v) is 3.03. The number of carbonyl (C=O) groups is 2. The molecule has 0 radical (unpaired) electrons. The summed E-state index contributed by atoms with van der Waals surface area (Å²) in [6, 6.07) is 0. The quantitative estimate of drug-likeness (QED) is 0.656. The maximum atomic E-state index is 11.5. The van der Waals surface area contributed by atoms with Crippen LogP contribution in [0, 0.1) is 0 Å². The van der Waals surface area contributed by atoms with Crippen LogP contribution in [0.15, 0.2) is 0 Å². The van der Waals surface area contributed by atoms with E-state index in [9.17, 15) is 18.0 Å². The lowest BCUT2D eigenvalue weighted by atomic mass is 10.4. The highest BCUT2D eigenvalue weighted by molar-refractivity contribution is 7.81. The van der Waals surface area contributed by atoms with Crippen molar-refractivity contribution >= 4 is 22.7 Å². The minimum atomic E-state index is -4.58. The van der Waals surface area contributed by atoms with Crippen molar-refractivity contribution in [3.8, 4) is 0 Å². The number of ether oxygens (including phenoxy) is 4. The van der Waals surface area contributed by atoms with E-state index < -0.39 is 47.5 Å². The van der Waals surface area contributed by atoms with Crippen LogP contribution in [0.5, 0.6) is 0 Å². The van der Waals surface area contributed by atoms with E-state index in [-0.39, 0.29) is 0 Å². The molecule has 108 valence electrons. The number of hydrogen-bond acceptors (Lipinski definition) is 10. The minimum Gasteiger partial charge on any atom is -0.424 e. The Hall–Kier alpha value is -1.59. The normalized spacial score (nSPS) is 34.4. The maximum Gasteiger partial charge on any atom is 0.511 e. The van der Waals surface area contributed by atoms with Gasteiger partial charge in [0.25, 0.3) is 12.6 Å². The summed E-state index contributed by atoms with van der Waals surface area (Å²) in [7, 11) is -4.58. The van der Waals surface area contributed by atoms with E-state index in [1.807, 2.05) is 0 Å². The van der Waals surface area contributed by atoms with Crippen LogP contribution < -0.4 is 0 Å². The van der Waals surface area contributed by atoms with Gasteiger partial charge in [-0.05, 0) is 13.8 Å². The van der Waals surface area contributed by atoms with Crippen molar-refractivity contribution in [2.45, 2.75) is 38.6 Å². The second-order valence-corrected chi connectivity index (χ2v) is 4.92. The Morgan fingerprint density at radius 2 is 1.21 bits per heavy atom. The Balaban J connectivity index is 1.95. The highest BCUT2D eigenvalue weighted by Crippen LogP contribution is 2.22. The van der Waals surface area contributed by atoms with Crippen molar-refractivity contribution in [2.75, 3.05) is 0 Å². The van der Waals surface area contributed by atoms with Crippen LogP contribution in [-0.2, 0) is 37.7 Å². The van der Waals surface area contributed by atoms with Gasteiger partial charge >= 0.3 is 22.7 Å². The molecule has 2 aliphatic rings. The van der Waals surface area contributed by atoms with Crippen molar-refractivity contribution in [3.63, 3.8) is 0 Å². The molecule has 19 heavy (non-hydrogen) atoms. The fraction of sp³-hybridized carbons (Fsp3) is 0.750. The summed E-state index contributed by atoms with van der Waals surface area (Å²) in [5.74, 6) is 0. The van der Waals surface area contributed by atoms with Crippen LogP contribution in [-0.4, -0.2) is 45.5 Å². The molecule has 0 aromatic rings. The smallest absolute Gasteiger partial charge is 0.424 e. The highest BCUT2D eigenvalue weighted by Gasteiger charge is 2.42. The Bertz CT molecular complexity index is 446. The van der Waals surface area contributed by atoms with Gasteiger partial charge in [0.1, 0.15) is 0 Å². The summed E-state index contributed by atoms with van der Waals surface area (Å²) in [4.78, 5) is 21.5. The number of cyclic esters (lactones) is 4. The first-order valence-corrected chi connectivity index (χ1v) is 6.46. The van der Waals surface area contributed by atoms with Gasteiger partial charge < -0.3 is 18.9 Å². The SMILES string of the molecule is CC1OC(=O)OC1OS(=O)(=O)OC1OC(=O)OC1C. The Labute approximate surface area is 107 Å². The topological polar surface area (TPSA) is 124 Å². The molecular formula is C8H10O10S. The largest absolute Gasteiger partial charge is 0.511 e. The van der Waals surface area contributed by atoms with Gasteiger partial charge in [0.05, 0.1) is 0 Å². The Kier molecular flexibility index (Phi) is 3.52. The zero-order chi connectivity index (χ0) is 14.2. The molecule has 10 nitrogen and oxygen atoms in total. The van der Waals surface area contributed by atoms with Crippen molar-refractivity contribution in [3.05, 3.63) is 0 Å². The first kappa shape index (κ1) is 13.8. The molecule has 2 fully saturated rings. The Morgan fingerprint density at radius 3 is 1.47 bits per heavy atom. The van der Waals surface area contributed by atoms with E-state index in [1.165, 1.54) is 13.8 Å². The standard InChI is InChI=1S/C8H10O10S/c1-3-5(15-7(9)13-3)17-19(11,12)18-6-4(2)14-8(10)16-6/h3-6H,1-2H3. The van der Waals surface area contributed by atoms with E-state index in [4.69, 9.17) is 0 Å². The molecule has 0 N–H and O–H groups in total. The summed E-state index contributed by atoms with van der Waals surface area (Å²) in [5, 5.41) is 0. The summed E-state index contributed by atoms with van der Waals surface area (Å²) in [5.41, 5.74) is 0. The van der Waals surface area contributed by atoms with Crippen LogP contribution >= 0.6 is 0 Å². The van der Waals surface area contributed by atoms with Gasteiger partial charge in [-0.3, -0.25) is 0 Å². The molecule has 4 unspecified atom stereocenters. The Morgan fingerprint density at radius 1 is 0.842 bits per heavy atom. The lowest BCUT2D eigenvalue weighted by Gasteiger charge is -2.15. The molecule has 0 aromatic heterocycles. The highest BCUT2D eigenvalue weighted by atomic mass is 32.3. The predicted octanol–water partition coefficient (Wildman–Crippen LogP) is 0.0272. The summed E-state index contributed by atoms with van der Waals surface area (Å²) in [6.07, 6.45) is -6.90. The van der Waals surface area contributed by atoms with Crippen molar-refractivity contribution in [1.29, 1.82) is 0 Å². The fourth-order valence-electron chi connectivity index (χ4n) is 1.30. The molecule has 0 bridgehead atoms. The molecule has 2 rings (SSSR count). The van der Waals surface area contributed by atoms with E-state index in [2.05, 4.69) is 27.3 Å². The zero-order valence-corrected chi connectivity index (χ0v) is 10.6. The second kappa shape index (κ2) is 4.83. The van der Waals surface area contributed by atoms with Crippen LogP contribution in [0.3, 0.4) is 0 Å². The lowest BCUT2D eigenvalue weighted by molar-refractivity contribution is -0.0591.